The number of anilines is 2. The third kappa shape index (κ3) is 2.70. The lowest BCUT2D eigenvalue weighted by atomic mass is 10.2. The Morgan fingerprint density at radius 2 is 2.21 bits per heavy atom. The van der Waals surface area contributed by atoms with Crippen LogP contribution >= 0.6 is 0 Å². The number of nitrogens with zero attached hydrogens (tertiary/aromatic N) is 3. The van der Waals surface area contributed by atoms with Crippen molar-refractivity contribution in [1.29, 1.82) is 0 Å². The van der Waals surface area contributed by atoms with Gasteiger partial charge in [-0.05, 0) is 13.0 Å². The number of pyridine rings is 1. The number of nitrogens with one attached hydrogen (secondary N) is 2. The predicted molar refractivity (Wildman–Crippen MR) is 69.6 cm³/mol. The number of hydrogen-bond donors (Lipinski definition) is 2. The molecule has 0 aliphatic rings. The van der Waals surface area contributed by atoms with Gasteiger partial charge in [-0.25, -0.2) is 9.37 Å². The Hall–Kier alpha value is -2.44. The van der Waals surface area contributed by atoms with Crippen LogP contribution in [0.3, 0.4) is 0 Å². The number of rotatable bonds is 3. The van der Waals surface area contributed by atoms with E-state index in [1.54, 1.807) is 31.9 Å². The lowest BCUT2D eigenvalue weighted by Crippen LogP contribution is -2.15. The quantitative estimate of drug-likeness (QED) is 0.881. The SMILES string of the molecule is CNc1ncc(F)cc1C(=O)Nc1cn(C)nc1C. The van der Waals surface area contributed by atoms with Crippen LogP contribution in [-0.2, 0) is 7.05 Å². The lowest BCUT2D eigenvalue weighted by Gasteiger charge is -2.08. The zero-order chi connectivity index (χ0) is 14.0. The number of halogens is 1. The molecule has 0 radical (unpaired) electrons. The average molecular weight is 263 g/mol. The molecule has 100 valence electrons. The summed E-state index contributed by atoms with van der Waals surface area (Å²) in [7, 11) is 3.37. The van der Waals surface area contributed by atoms with Crippen LogP contribution in [0.25, 0.3) is 0 Å². The molecule has 0 aliphatic heterocycles. The first-order chi connectivity index (χ1) is 9.01. The van der Waals surface area contributed by atoms with Gasteiger partial charge in [-0.15, -0.1) is 0 Å². The molecule has 0 bridgehead atoms. The average Bonchev–Trinajstić information content (AvgIpc) is 2.67. The van der Waals surface area contributed by atoms with E-state index in [2.05, 4.69) is 20.7 Å². The second kappa shape index (κ2) is 5.05. The van der Waals surface area contributed by atoms with Crippen LogP contribution in [0.1, 0.15) is 16.1 Å². The maximum atomic E-state index is 13.2. The van der Waals surface area contributed by atoms with E-state index in [0.29, 0.717) is 17.2 Å². The first-order valence-corrected chi connectivity index (χ1v) is 5.66. The molecule has 0 spiro atoms. The Morgan fingerprint density at radius 3 is 2.79 bits per heavy atom. The van der Waals surface area contributed by atoms with Gasteiger partial charge in [0.2, 0.25) is 0 Å². The zero-order valence-corrected chi connectivity index (χ0v) is 10.9. The van der Waals surface area contributed by atoms with Gasteiger partial charge in [-0.1, -0.05) is 0 Å². The number of amides is 1. The maximum Gasteiger partial charge on any atom is 0.259 e. The van der Waals surface area contributed by atoms with Crippen LogP contribution in [0.15, 0.2) is 18.5 Å². The van der Waals surface area contributed by atoms with Gasteiger partial charge in [0.25, 0.3) is 5.91 Å². The highest BCUT2D eigenvalue weighted by Crippen LogP contribution is 2.17. The van der Waals surface area contributed by atoms with Crippen molar-refractivity contribution >= 4 is 17.4 Å². The maximum absolute atomic E-state index is 13.2. The molecular formula is C12H14FN5O. The molecule has 0 atom stereocenters. The molecule has 2 N–H and O–H groups in total. The third-order valence-electron chi connectivity index (χ3n) is 2.60. The Morgan fingerprint density at radius 1 is 1.47 bits per heavy atom. The summed E-state index contributed by atoms with van der Waals surface area (Å²) in [6.07, 6.45) is 2.73. The van der Waals surface area contributed by atoms with Crippen molar-refractivity contribution in [3.63, 3.8) is 0 Å². The number of carbonyl (C=O) groups excluding carboxylic acids is 1. The van der Waals surface area contributed by atoms with Gasteiger partial charge >= 0.3 is 0 Å². The van der Waals surface area contributed by atoms with E-state index in [-0.39, 0.29) is 5.56 Å². The second-order valence-electron chi connectivity index (χ2n) is 4.06. The summed E-state index contributed by atoms with van der Waals surface area (Å²) in [6, 6.07) is 1.14. The molecule has 2 aromatic rings. The summed E-state index contributed by atoms with van der Waals surface area (Å²) < 4.78 is 14.8. The molecule has 0 aromatic carbocycles. The van der Waals surface area contributed by atoms with E-state index in [1.165, 1.54) is 0 Å². The highest BCUT2D eigenvalue weighted by Gasteiger charge is 2.15. The molecule has 2 heterocycles. The van der Waals surface area contributed by atoms with Crippen LogP contribution in [0.5, 0.6) is 0 Å². The minimum Gasteiger partial charge on any atom is -0.372 e. The molecule has 6 nitrogen and oxygen atoms in total. The fourth-order valence-corrected chi connectivity index (χ4v) is 1.72. The smallest absolute Gasteiger partial charge is 0.259 e. The fraction of sp³-hybridized carbons (Fsp3) is 0.250. The van der Waals surface area contributed by atoms with E-state index in [4.69, 9.17) is 0 Å². The van der Waals surface area contributed by atoms with Gasteiger partial charge in [-0.3, -0.25) is 9.48 Å². The molecule has 0 saturated carbocycles. The largest absolute Gasteiger partial charge is 0.372 e. The molecule has 0 fully saturated rings. The van der Waals surface area contributed by atoms with Gasteiger partial charge in [0.05, 0.1) is 23.1 Å². The molecule has 7 heteroatoms. The molecule has 2 rings (SSSR count). The van der Waals surface area contributed by atoms with Crippen LogP contribution < -0.4 is 10.6 Å². The first-order valence-electron chi connectivity index (χ1n) is 5.66. The van der Waals surface area contributed by atoms with Crippen molar-refractivity contribution < 1.29 is 9.18 Å². The van der Waals surface area contributed by atoms with Crippen molar-refractivity contribution in [3.8, 4) is 0 Å². The standard InChI is InChI=1S/C12H14FN5O/c1-7-10(6-18(3)17-7)16-12(19)9-4-8(13)5-15-11(9)14-2/h4-6H,1-3H3,(H,14,15)(H,16,19). The van der Waals surface area contributed by atoms with E-state index in [1.807, 2.05) is 0 Å². The summed E-state index contributed by atoms with van der Waals surface area (Å²) in [4.78, 5) is 15.9. The molecule has 1 amide bonds. The number of hydrogen-bond acceptors (Lipinski definition) is 4. The van der Waals surface area contributed by atoms with Gasteiger partial charge < -0.3 is 10.6 Å². The summed E-state index contributed by atoms with van der Waals surface area (Å²) in [5.41, 5.74) is 1.41. The highest BCUT2D eigenvalue weighted by atomic mass is 19.1. The molecule has 0 aliphatic carbocycles. The van der Waals surface area contributed by atoms with Crippen molar-refractivity contribution in [3.05, 3.63) is 35.5 Å². The molecule has 0 saturated heterocycles. The van der Waals surface area contributed by atoms with Crippen LogP contribution in [-0.4, -0.2) is 27.7 Å². The summed E-state index contributed by atoms with van der Waals surface area (Å²) in [5.74, 6) is -0.681. The lowest BCUT2D eigenvalue weighted by molar-refractivity contribution is 0.102. The normalized spacial score (nSPS) is 10.3. The Balaban J connectivity index is 2.29. The fourth-order valence-electron chi connectivity index (χ4n) is 1.72. The molecule has 2 aromatic heterocycles. The van der Waals surface area contributed by atoms with E-state index in [0.717, 1.165) is 12.3 Å². The van der Waals surface area contributed by atoms with Gasteiger partial charge in [0.1, 0.15) is 11.6 Å². The number of aromatic nitrogens is 3. The Bertz CT molecular complexity index is 623. The van der Waals surface area contributed by atoms with E-state index < -0.39 is 11.7 Å². The van der Waals surface area contributed by atoms with E-state index >= 15 is 0 Å². The van der Waals surface area contributed by atoms with Crippen LogP contribution in [0.2, 0.25) is 0 Å². The Labute approximate surface area is 109 Å². The van der Waals surface area contributed by atoms with Crippen LogP contribution in [0.4, 0.5) is 15.9 Å². The zero-order valence-electron chi connectivity index (χ0n) is 10.9. The van der Waals surface area contributed by atoms with Gasteiger partial charge in [0.15, 0.2) is 0 Å². The van der Waals surface area contributed by atoms with Gasteiger partial charge in [-0.2, -0.15) is 5.10 Å². The first kappa shape index (κ1) is 13.0. The monoisotopic (exact) mass is 263 g/mol. The minimum atomic E-state index is -0.563. The minimum absolute atomic E-state index is 0.144. The van der Waals surface area contributed by atoms with Gasteiger partial charge in [0, 0.05) is 20.3 Å². The van der Waals surface area contributed by atoms with E-state index in [9.17, 15) is 9.18 Å². The Kier molecular flexibility index (Phi) is 3.46. The highest BCUT2D eigenvalue weighted by molar-refractivity contribution is 6.07. The molecule has 19 heavy (non-hydrogen) atoms. The van der Waals surface area contributed by atoms with Crippen LogP contribution in [0, 0.1) is 12.7 Å². The number of aryl methyl sites for hydroxylation is 2. The summed E-state index contributed by atoms with van der Waals surface area (Å²) in [6.45, 7) is 1.78. The topological polar surface area (TPSA) is 71.8 Å². The van der Waals surface area contributed by atoms with Crippen molar-refractivity contribution in [2.24, 2.45) is 7.05 Å². The summed E-state index contributed by atoms with van der Waals surface area (Å²) >= 11 is 0. The molecular weight excluding hydrogens is 249 g/mol. The van der Waals surface area contributed by atoms with Crippen molar-refractivity contribution in [2.45, 2.75) is 6.92 Å². The third-order valence-corrected chi connectivity index (χ3v) is 2.60. The summed E-state index contributed by atoms with van der Waals surface area (Å²) in [5, 5.41) is 9.54. The molecule has 0 unspecified atom stereocenters. The predicted octanol–water partition coefficient (Wildman–Crippen LogP) is 1.56. The number of carbonyl (C=O) groups is 1. The van der Waals surface area contributed by atoms with Crippen molar-refractivity contribution in [1.82, 2.24) is 14.8 Å². The van der Waals surface area contributed by atoms with Crippen molar-refractivity contribution in [2.75, 3.05) is 17.7 Å². The second-order valence-corrected chi connectivity index (χ2v) is 4.06.